The number of benzene rings is 2. The smallest absolute Gasteiger partial charge is 0.185 e. The van der Waals surface area contributed by atoms with Crippen molar-refractivity contribution in [2.24, 2.45) is 0 Å². The molecule has 0 unspecified atom stereocenters. The van der Waals surface area contributed by atoms with Crippen LogP contribution in [0, 0.1) is 13.8 Å². The SMILES string of the molecule is Cc1cccc(-c2csc(N3CCC(S(=O)(=O)c4cccc(Cl)c4)CC3)n2)c1C. The van der Waals surface area contributed by atoms with Crippen LogP contribution in [0.5, 0.6) is 0 Å². The van der Waals surface area contributed by atoms with Crippen molar-refractivity contribution in [2.45, 2.75) is 36.8 Å². The molecule has 29 heavy (non-hydrogen) atoms. The highest BCUT2D eigenvalue weighted by atomic mass is 35.5. The lowest BCUT2D eigenvalue weighted by atomic mass is 10.0. The van der Waals surface area contributed by atoms with Crippen LogP contribution in [0.15, 0.2) is 52.7 Å². The summed E-state index contributed by atoms with van der Waals surface area (Å²) >= 11 is 7.61. The number of hydrogen-bond acceptors (Lipinski definition) is 5. The molecular formula is C22H23ClN2O2S2. The number of thiazole rings is 1. The second-order valence-corrected chi connectivity index (χ2v) is 11.0. The summed E-state index contributed by atoms with van der Waals surface area (Å²) in [6, 6.07) is 12.8. The number of aromatic nitrogens is 1. The van der Waals surface area contributed by atoms with E-state index < -0.39 is 9.84 Å². The van der Waals surface area contributed by atoms with Gasteiger partial charge in [-0.3, -0.25) is 0 Å². The molecule has 1 aromatic heterocycles. The van der Waals surface area contributed by atoms with Gasteiger partial charge >= 0.3 is 0 Å². The molecule has 0 bridgehead atoms. The van der Waals surface area contributed by atoms with Crippen LogP contribution >= 0.6 is 22.9 Å². The Kier molecular flexibility index (Phi) is 5.69. The lowest BCUT2D eigenvalue weighted by molar-refractivity contribution is 0.529. The van der Waals surface area contributed by atoms with Crippen LogP contribution in [-0.4, -0.2) is 31.7 Å². The van der Waals surface area contributed by atoms with E-state index in [-0.39, 0.29) is 5.25 Å². The van der Waals surface area contributed by atoms with Gasteiger partial charge in [-0.25, -0.2) is 13.4 Å². The second kappa shape index (κ2) is 8.09. The number of hydrogen-bond donors (Lipinski definition) is 0. The third kappa shape index (κ3) is 4.06. The third-order valence-electron chi connectivity index (χ3n) is 5.65. The van der Waals surface area contributed by atoms with Crippen LogP contribution < -0.4 is 4.90 Å². The molecule has 1 fully saturated rings. The number of anilines is 1. The molecule has 1 aliphatic heterocycles. The van der Waals surface area contributed by atoms with Gasteiger partial charge < -0.3 is 4.90 Å². The van der Waals surface area contributed by atoms with E-state index in [1.165, 1.54) is 11.1 Å². The fourth-order valence-electron chi connectivity index (χ4n) is 3.76. The molecule has 0 N–H and O–H groups in total. The zero-order valence-electron chi connectivity index (χ0n) is 16.4. The topological polar surface area (TPSA) is 50.3 Å². The van der Waals surface area contributed by atoms with Crippen LogP contribution in [0.25, 0.3) is 11.3 Å². The van der Waals surface area contributed by atoms with Gasteiger partial charge in [0, 0.05) is 29.1 Å². The fraction of sp³-hybridized carbons (Fsp3) is 0.318. The van der Waals surface area contributed by atoms with Crippen molar-refractivity contribution in [3.63, 3.8) is 0 Å². The number of halogens is 1. The van der Waals surface area contributed by atoms with Gasteiger partial charge in [-0.1, -0.05) is 35.9 Å². The molecule has 0 saturated carbocycles. The molecule has 4 nitrogen and oxygen atoms in total. The van der Waals surface area contributed by atoms with Crippen molar-refractivity contribution in [1.82, 2.24) is 4.98 Å². The van der Waals surface area contributed by atoms with Crippen molar-refractivity contribution in [1.29, 1.82) is 0 Å². The minimum absolute atomic E-state index is 0.315. The molecule has 7 heteroatoms. The van der Waals surface area contributed by atoms with Crippen molar-refractivity contribution >= 4 is 37.9 Å². The molecule has 0 aliphatic carbocycles. The van der Waals surface area contributed by atoms with Gasteiger partial charge in [-0.15, -0.1) is 11.3 Å². The molecule has 0 amide bonds. The standard InChI is InChI=1S/C22H23ClN2O2S2/c1-15-5-3-8-20(16(15)2)21-14-28-22(24-21)25-11-9-18(10-12-25)29(26,27)19-7-4-6-17(23)13-19/h3-8,13-14,18H,9-12H2,1-2H3. The second-order valence-electron chi connectivity index (χ2n) is 7.45. The van der Waals surface area contributed by atoms with E-state index >= 15 is 0 Å². The van der Waals surface area contributed by atoms with E-state index in [1.807, 2.05) is 0 Å². The average Bonchev–Trinajstić information content (AvgIpc) is 3.20. The fourth-order valence-corrected chi connectivity index (χ4v) is 6.67. The van der Waals surface area contributed by atoms with Gasteiger partial charge in [0.2, 0.25) is 0 Å². The number of rotatable bonds is 4. The van der Waals surface area contributed by atoms with Crippen molar-refractivity contribution in [2.75, 3.05) is 18.0 Å². The first-order valence-electron chi connectivity index (χ1n) is 9.63. The number of aryl methyl sites for hydroxylation is 1. The minimum Gasteiger partial charge on any atom is -0.348 e. The first kappa shape index (κ1) is 20.4. The summed E-state index contributed by atoms with van der Waals surface area (Å²) in [5, 5.41) is 3.12. The van der Waals surface area contributed by atoms with Crippen molar-refractivity contribution in [3.8, 4) is 11.3 Å². The van der Waals surface area contributed by atoms with E-state index in [0.29, 0.717) is 35.8 Å². The van der Waals surface area contributed by atoms with Gasteiger partial charge in [0.15, 0.2) is 15.0 Å². The molecule has 3 aromatic rings. The molecule has 1 saturated heterocycles. The van der Waals surface area contributed by atoms with E-state index in [2.05, 4.69) is 42.3 Å². The molecule has 2 aromatic carbocycles. The number of piperidine rings is 1. The Morgan fingerprint density at radius 3 is 2.55 bits per heavy atom. The largest absolute Gasteiger partial charge is 0.348 e. The summed E-state index contributed by atoms with van der Waals surface area (Å²) < 4.78 is 25.9. The zero-order valence-corrected chi connectivity index (χ0v) is 18.8. The Bertz CT molecular complexity index is 1130. The average molecular weight is 447 g/mol. The molecule has 0 atom stereocenters. The summed E-state index contributed by atoms with van der Waals surface area (Å²) in [7, 11) is -3.37. The normalized spacial score (nSPS) is 15.6. The van der Waals surface area contributed by atoms with E-state index in [1.54, 1.807) is 35.6 Å². The highest BCUT2D eigenvalue weighted by molar-refractivity contribution is 7.92. The third-order valence-corrected chi connectivity index (χ3v) is 9.05. The first-order valence-corrected chi connectivity index (χ1v) is 12.4. The summed E-state index contributed by atoms with van der Waals surface area (Å²) in [5.41, 5.74) is 4.64. The maximum absolute atomic E-state index is 13.0. The van der Waals surface area contributed by atoms with Crippen molar-refractivity contribution in [3.05, 3.63) is 64.0 Å². The Labute approximate surface area is 181 Å². The van der Waals surface area contributed by atoms with E-state index in [4.69, 9.17) is 16.6 Å². The zero-order chi connectivity index (χ0) is 20.6. The van der Waals surface area contributed by atoms with E-state index in [9.17, 15) is 8.42 Å². The lowest BCUT2D eigenvalue weighted by Gasteiger charge is -2.31. The van der Waals surface area contributed by atoms with Gasteiger partial charge in [0.25, 0.3) is 0 Å². The van der Waals surface area contributed by atoms with Crippen LogP contribution in [0.1, 0.15) is 24.0 Å². The maximum Gasteiger partial charge on any atom is 0.185 e. The molecule has 4 rings (SSSR count). The van der Waals surface area contributed by atoms with Crippen LogP contribution in [-0.2, 0) is 9.84 Å². The minimum atomic E-state index is -3.37. The molecule has 0 radical (unpaired) electrons. The van der Waals surface area contributed by atoms with Crippen LogP contribution in [0.2, 0.25) is 5.02 Å². The van der Waals surface area contributed by atoms with Crippen molar-refractivity contribution < 1.29 is 8.42 Å². The maximum atomic E-state index is 13.0. The summed E-state index contributed by atoms with van der Waals surface area (Å²) in [6.45, 7) is 5.60. The first-order chi connectivity index (χ1) is 13.9. The number of sulfone groups is 1. The van der Waals surface area contributed by atoms with Crippen LogP contribution in [0.3, 0.4) is 0 Å². The van der Waals surface area contributed by atoms with Gasteiger partial charge in [-0.05, 0) is 56.0 Å². The molecular weight excluding hydrogens is 424 g/mol. The predicted octanol–water partition coefficient (Wildman–Crippen LogP) is 5.52. The lowest BCUT2D eigenvalue weighted by Crippen LogP contribution is -2.39. The summed E-state index contributed by atoms with van der Waals surface area (Å²) in [4.78, 5) is 7.35. The Morgan fingerprint density at radius 2 is 1.83 bits per heavy atom. The predicted molar refractivity (Wildman–Crippen MR) is 121 cm³/mol. The summed E-state index contributed by atoms with van der Waals surface area (Å²) in [6.07, 6.45) is 1.18. The molecule has 152 valence electrons. The molecule has 0 spiro atoms. The molecule has 2 heterocycles. The molecule has 1 aliphatic rings. The highest BCUT2D eigenvalue weighted by Gasteiger charge is 2.32. The van der Waals surface area contributed by atoms with Gasteiger partial charge in [0.1, 0.15) is 0 Å². The van der Waals surface area contributed by atoms with Gasteiger partial charge in [-0.2, -0.15) is 0 Å². The number of nitrogens with zero attached hydrogens (tertiary/aromatic N) is 2. The Morgan fingerprint density at radius 1 is 1.10 bits per heavy atom. The van der Waals surface area contributed by atoms with Crippen LogP contribution in [0.4, 0.5) is 5.13 Å². The van der Waals surface area contributed by atoms with E-state index in [0.717, 1.165) is 16.4 Å². The Hall–Kier alpha value is -1.89. The highest BCUT2D eigenvalue weighted by Crippen LogP contribution is 2.33. The van der Waals surface area contributed by atoms with Gasteiger partial charge in [0.05, 0.1) is 15.8 Å². The summed E-state index contributed by atoms with van der Waals surface area (Å²) in [5.74, 6) is 0. The Balaban J connectivity index is 1.48. The quantitative estimate of drug-likeness (QED) is 0.529. The monoisotopic (exact) mass is 446 g/mol.